The van der Waals surface area contributed by atoms with Gasteiger partial charge in [0.25, 0.3) is 0 Å². The van der Waals surface area contributed by atoms with Crippen molar-refractivity contribution in [2.75, 3.05) is 74.9 Å². The van der Waals surface area contributed by atoms with Gasteiger partial charge in [-0.05, 0) is 37.9 Å². The fraction of sp³-hybridized carbons (Fsp3) is 0.474. The second kappa shape index (κ2) is 10.6. The second-order valence-corrected chi connectivity index (χ2v) is 8.61. The van der Waals surface area contributed by atoms with E-state index in [1.165, 1.54) is 13.3 Å². The van der Waals surface area contributed by atoms with Crippen LogP contribution in [0.1, 0.15) is 5.56 Å². The molecule has 4 rings (SSSR count). The number of aromatic hydroxyl groups is 1. The molecule has 3 heterocycles. The third-order valence-electron chi connectivity index (χ3n) is 4.97. The molecule has 32 heavy (non-hydrogen) atoms. The van der Waals surface area contributed by atoms with Crippen molar-refractivity contribution in [2.45, 2.75) is 0 Å². The summed E-state index contributed by atoms with van der Waals surface area (Å²) in [4.78, 5) is 17.9. The molecule has 1 aromatic carbocycles. The summed E-state index contributed by atoms with van der Waals surface area (Å²) in [5, 5.41) is 14.7. The van der Waals surface area contributed by atoms with E-state index in [-0.39, 0.29) is 5.75 Å². The Morgan fingerprint density at radius 3 is 2.12 bits per heavy atom. The highest BCUT2D eigenvalue weighted by Crippen LogP contribution is 2.39. The molecule has 11 nitrogen and oxygen atoms in total. The average Bonchev–Trinajstić information content (AvgIpc) is 2.84. The minimum Gasteiger partial charge on any atom is -0.504 e. The molecule has 13 heteroatoms. The van der Waals surface area contributed by atoms with Gasteiger partial charge in [0, 0.05) is 35.1 Å². The van der Waals surface area contributed by atoms with Crippen molar-refractivity contribution in [3.63, 3.8) is 0 Å². The average molecular weight is 573 g/mol. The Kier molecular flexibility index (Phi) is 7.60. The van der Waals surface area contributed by atoms with Crippen molar-refractivity contribution in [1.82, 2.24) is 15.0 Å². The number of phenols is 1. The lowest BCUT2D eigenvalue weighted by atomic mass is 10.2. The number of nitrogens with one attached hydrogen (secondary N) is 1. The first-order valence-corrected chi connectivity index (χ1v) is 11.6. The predicted octanol–water partition coefficient (Wildman–Crippen LogP) is 2.23. The molecular formula is C19H23Br2N7O4. The first kappa shape index (κ1) is 23.0. The summed E-state index contributed by atoms with van der Waals surface area (Å²) >= 11 is 6.88. The molecule has 2 saturated heterocycles. The number of ether oxygens (including phenoxy) is 3. The molecule has 0 unspecified atom stereocenters. The van der Waals surface area contributed by atoms with E-state index in [2.05, 4.69) is 67.1 Å². The number of rotatable bonds is 6. The van der Waals surface area contributed by atoms with Crippen LogP contribution >= 0.6 is 31.9 Å². The molecule has 0 aliphatic carbocycles. The van der Waals surface area contributed by atoms with E-state index in [0.717, 1.165) is 4.47 Å². The molecule has 172 valence electrons. The van der Waals surface area contributed by atoms with Gasteiger partial charge >= 0.3 is 0 Å². The molecule has 0 bridgehead atoms. The smallest absolute Gasteiger partial charge is 0.250 e. The fourth-order valence-corrected chi connectivity index (χ4v) is 4.08. The van der Waals surface area contributed by atoms with Crippen LogP contribution in [0.3, 0.4) is 0 Å². The van der Waals surface area contributed by atoms with E-state index in [0.29, 0.717) is 86.2 Å². The molecule has 0 atom stereocenters. The van der Waals surface area contributed by atoms with E-state index >= 15 is 0 Å². The Hall–Kier alpha value is -2.22. The van der Waals surface area contributed by atoms with E-state index in [1.54, 1.807) is 6.07 Å². The third kappa shape index (κ3) is 5.22. The Labute approximate surface area is 202 Å². The number of phenolic OH excluding ortho intramolecular Hbond substituents is 1. The summed E-state index contributed by atoms with van der Waals surface area (Å²) in [6.07, 6.45) is 1.47. The molecule has 2 fully saturated rings. The van der Waals surface area contributed by atoms with Crippen LogP contribution in [0.15, 0.2) is 20.1 Å². The number of nitrogens with zero attached hydrogens (tertiary/aromatic N) is 6. The monoisotopic (exact) mass is 571 g/mol. The van der Waals surface area contributed by atoms with Gasteiger partial charge in [-0.3, -0.25) is 0 Å². The molecule has 2 aromatic rings. The largest absolute Gasteiger partial charge is 0.504 e. The van der Waals surface area contributed by atoms with Crippen LogP contribution in [0.2, 0.25) is 0 Å². The van der Waals surface area contributed by atoms with Crippen molar-refractivity contribution in [3.8, 4) is 11.5 Å². The summed E-state index contributed by atoms with van der Waals surface area (Å²) in [7, 11) is 1.49. The molecule has 0 spiro atoms. The highest BCUT2D eigenvalue weighted by atomic mass is 79.9. The fourth-order valence-electron chi connectivity index (χ4n) is 3.25. The number of hydrazone groups is 1. The van der Waals surface area contributed by atoms with Crippen molar-refractivity contribution in [1.29, 1.82) is 0 Å². The van der Waals surface area contributed by atoms with Gasteiger partial charge in [0.2, 0.25) is 17.8 Å². The number of halogens is 2. The standard InChI is InChI=1S/C19H23Br2N7O4/c1-30-14-10-13(20)15(21)12(16(14)29)11-22-26-17-23-18(27-2-6-31-7-3-27)25-19(24-17)28-4-8-32-9-5-28/h10-11,29H,2-9H2,1H3,(H,23,24,25,26). The first-order valence-electron chi connectivity index (χ1n) is 10.0. The zero-order valence-electron chi connectivity index (χ0n) is 17.4. The van der Waals surface area contributed by atoms with Gasteiger partial charge in [-0.2, -0.15) is 20.1 Å². The maximum atomic E-state index is 10.4. The van der Waals surface area contributed by atoms with Crippen LogP contribution in [-0.4, -0.2) is 86.0 Å². The second-order valence-electron chi connectivity index (χ2n) is 6.96. The first-order chi connectivity index (χ1) is 15.6. The topological polar surface area (TPSA) is 117 Å². The SMILES string of the molecule is COc1cc(Br)c(Br)c(C=NNc2nc(N3CCOCC3)nc(N3CCOCC3)n2)c1O. The van der Waals surface area contributed by atoms with Crippen molar-refractivity contribution < 1.29 is 19.3 Å². The summed E-state index contributed by atoms with van der Waals surface area (Å²) in [5.74, 6) is 1.72. The molecular weight excluding hydrogens is 550 g/mol. The molecule has 0 saturated carbocycles. The van der Waals surface area contributed by atoms with Crippen molar-refractivity contribution in [2.24, 2.45) is 5.10 Å². The third-order valence-corrected chi connectivity index (χ3v) is 6.98. The number of anilines is 3. The Morgan fingerprint density at radius 1 is 1.03 bits per heavy atom. The molecule has 0 amide bonds. The lowest BCUT2D eigenvalue weighted by Crippen LogP contribution is -2.40. The quantitative estimate of drug-likeness (QED) is 0.394. The van der Waals surface area contributed by atoms with Crippen LogP contribution in [0.25, 0.3) is 0 Å². The highest BCUT2D eigenvalue weighted by Gasteiger charge is 2.21. The van der Waals surface area contributed by atoms with Crippen LogP contribution in [0.5, 0.6) is 11.5 Å². The maximum Gasteiger partial charge on any atom is 0.250 e. The number of aromatic nitrogens is 3. The van der Waals surface area contributed by atoms with Gasteiger partial charge in [0.05, 0.1) is 45.3 Å². The summed E-state index contributed by atoms with van der Waals surface area (Å²) in [5.41, 5.74) is 3.31. The number of morpholine rings is 2. The van der Waals surface area contributed by atoms with Gasteiger partial charge in [-0.25, -0.2) is 5.43 Å². The summed E-state index contributed by atoms with van der Waals surface area (Å²) in [6, 6.07) is 1.67. The van der Waals surface area contributed by atoms with Crippen molar-refractivity contribution in [3.05, 3.63) is 20.6 Å². The van der Waals surface area contributed by atoms with Crippen LogP contribution in [0.4, 0.5) is 17.8 Å². The van der Waals surface area contributed by atoms with E-state index in [4.69, 9.17) is 14.2 Å². The molecule has 0 radical (unpaired) electrons. The highest BCUT2D eigenvalue weighted by molar-refractivity contribution is 9.13. The summed E-state index contributed by atoms with van der Waals surface area (Å²) in [6.45, 7) is 5.30. The van der Waals surface area contributed by atoms with E-state index in [1.807, 2.05) is 0 Å². The minimum absolute atomic E-state index is 0.0354. The number of benzene rings is 1. The minimum atomic E-state index is -0.0354. The molecule has 2 aliphatic heterocycles. The zero-order valence-corrected chi connectivity index (χ0v) is 20.6. The maximum absolute atomic E-state index is 10.4. The Morgan fingerprint density at radius 2 is 1.59 bits per heavy atom. The lowest BCUT2D eigenvalue weighted by Gasteiger charge is -2.30. The van der Waals surface area contributed by atoms with Crippen LogP contribution in [-0.2, 0) is 9.47 Å². The number of methoxy groups -OCH3 is 1. The normalized spacial score (nSPS) is 17.1. The van der Waals surface area contributed by atoms with Gasteiger partial charge < -0.3 is 29.1 Å². The van der Waals surface area contributed by atoms with Gasteiger partial charge in [0.1, 0.15) is 0 Å². The van der Waals surface area contributed by atoms with Gasteiger partial charge in [-0.15, -0.1) is 0 Å². The van der Waals surface area contributed by atoms with Crippen LogP contribution in [0, 0.1) is 0 Å². The number of hydrogen-bond acceptors (Lipinski definition) is 11. The molecule has 2 aliphatic rings. The lowest BCUT2D eigenvalue weighted by molar-refractivity contribution is 0.121. The zero-order chi connectivity index (χ0) is 22.5. The Balaban J connectivity index is 1.60. The van der Waals surface area contributed by atoms with E-state index in [9.17, 15) is 5.11 Å². The Bertz CT molecular complexity index is 946. The van der Waals surface area contributed by atoms with Crippen molar-refractivity contribution >= 4 is 55.9 Å². The molecule has 2 N–H and O–H groups in total. The van der Waals surface area contributed by atoms with E-state index < -0.39 is 0 Å². The molecule has 1 aromatic heterocycles. The van der Waals surface area contributed by atoms with Crippen LogP contribution < -0.4 is 20.0 Å². The number of hydrogen-bond donors (Lipinski definition) is 2. The van der Waals surface area contributed by atoms with Gasteiger partial charge in [-0.1, -0.05) is 0 Å². The van der Waals surface area contributed by atoms with Gasteiger partial charge in [0.15, 0.2) is 11.5 Å². The predicted molar refractivity (Wildman–Crippen MR) is 127 cm³/mol. The summed E-state index contributed by atoms with van der Waals surface area (Å²) < 4.78 is 17.4.